The molecule has 0 bridgehead atoms. The summed E-state index contributed by atoms with van der Waals surface area (Å²) in [7, 11) is 0. The molecule has 3 aromatic rings. The summed E-state index contributed by atoms with van der Waals surface area (Å²) in [5.41, 5.74) is -2.06. The number of aromatic nitrogens is 3. The number of nitrogens with one attached hydrogen (secondary N) is 1. The van der Waals surface area contributed by atoms with Gasteiger partial charge in [-0.2, -0.15) is 17.7 Å². The van der Waals surface area contributed by atoms with Gasteiger partial charge in [0.25, 0.3) is 11.5 Å². The van der Waals surface area contributed by atoms with Crippen LogP contribution in [-0.4, -0.2) is 38.5 Å². The number of amides is 1. The van der Waals surface area contributed by atoms with E-state index in [1.807, 2.05) is 0 Å². The first-order valence-electron chi connectivity index (χ1n) is 9.36. The predicted octanol–water partition coefficient (Wildman–Crippen LogP) is 3.64. The number of hydrogen-bond donors (Lipinski definition) is 1. The largest absolute Gasteiger partial charge is 0.433 e. The highest BCUT2D eigenvalue weighted by molar-refractivity contribution is 5.95. The maximum atomic E-state index is 13.7. The van der Waals surface area contributed by atoms with Gasteiger partial charge in [0, 0.05) is 13.1 Å². The molecule has 2 aromatic heterocycles. The Morgan fingerprint density at radius 3 is 2.38 bits per heavy atom. The summed E-state index contributed by atoms with van der Waals surface area (Å²) in [5, 5.41) is 2.14. The average Bonchev–Trinajstić information content (AvgIpc) is 3.09. The van der Waals surface area contributed by atoms with Crippen molar-refractivity contribution in [3.63, 3.8) is 0 Å². The summed E-state index contributed by atoms with van der Waals surface area (Å²) in [6.07, 6.45) is -2.05. The van der Waals surface area contributed by atoms with Crippen molar-refractivity contribution in [3.8, 4) is 11.1 Å². The molecule has 9 heteroatoms. The number of aromatic amines is 1. The van der Waals surface area contributed by atoms with Crippen LogP contribution in [-0.2, 0) is 6.18 Å². The maximum absolute atomic E-state index is 13.7. The van der Waals surface area contributed by atoms with E-state index in [1.165, 1.54) is 19.1 Å². The van der Waals surface area contributed by atoms with E-state index >= 15 is 0 Å². The second-order valence-corrected chi connectivity index (χ2v) is 7.11. The molecule has 152 valence electrons. The number of H-pyrrole nitrogens is 1. The van der Waals surface area contributed by atoms with Crippen molar-refractivity contribution in [1.29, 1.82) is 0 Å². The lowest BCUT2D eigenvalue weighted by molar-refractivity contribution is -0.140. The van der Waals surface area contributed by atoms with Crippen LogP contribution in [0, 0.1) is 6.92 Å². The van der Waals surface area contributed by atoms with Crippen LogP contribution in [0.15, 0.2) is 35.1 Å². The van der Waals surface area contributed by atoms with Crippen LogP contribution in [0.25, 0.3) is 16.8 Å². The van der Waals surface area contributed by atoms with Gasteiger partial charge in [-0.3, -0.25) is 14.7 Å². The lowest BCUT2D eigenvalue weighted by Crippen LogP contribution is -2.40. The average molecular weight is 404 g/mol. The lowest BCUT2D eigenvalue weighted by atomic mass is 10.1. The topological polar surface area (TPSA) is 70.5 Å². The van der Waals surface area contributed by atoms with Gasteiger partial charge >= 0.3 is 6.18 Å². The first kappa shape index (κ1) is 19.2. The van der Waals surface area contributed by atoms with Crippen molar-refractivity contribution in [3.05, 3.63) is 57.6 Å². The number of piperidine rings is 1. The van der Waals surface area contributed by atoms with Crippen molar-refractivity contribution in [2.75, 3.05) is 13.1 Å². The van der Waals surface area contributed by atoms with Crippen LogP contribution in [0.3, 0.4) is 0 Å². The third kappa shape index (κ3) is 3.30. The third-order valence-electron chi connectivity index (χ3n) is 5.16. The van der Waals surface area contributed by atoms with Gasteiger partial charge in [0.15, 0.2) is 5.65 Å². The van der Waals surface area contributed by atoms with Crippen molar-refractivity contribution in [1.82, 2.24) is 19.5 Å². The molecule has 4 rings (SSSR count). The first-order valence-corrected chi connectivity index (χ1v) is 9.36. The molecule has 29 heavy (non-hydrogen) atoms. The number of rotatable bonds is 2. The second kappa shape index (κ2) is 7.06. The maximum Gasteiger partial charge on any atom is 0.433 e. The Morgan fingerprint density at radius 1 is 1.10 bits per heavy atom. The van der Waals surface area contributed by atoms with Crippen LogP contribution in [0.4, 0.5) is 13.2 Å². The predicted molar refractivity (Wildman–Crippen MR) is 101 cm³/mol. The van der Waals surface area contributed by atoms with Crippen molar-refractivity contribution < 1.29 is 18.0 Å². The SMILES string of the molecule is Cc1nc2c(-c3ccccc3)c(C(F)(F)F)[nH]n2c(=O)c1C(=O)N1CCCCC1. The summed E-state index contributed by atoms with van der Waals surface area (Å²) in [4.78, 5) is 31.7. The fraction of sp³-hybridized carbons (Fsp3) is 0.350. The molecule has 6 nitrogen and oxygen atoms in total. The van der Waals surface area contributed by atoms with E-state index in [9.17, 15) is 22.8 Å². The first-order chi connectivity index (χ1) is 13.8. The van der Waals surface area contributed by atoms with E-state index < -0.39 is 23.3 Å². The third-order valence-corrected chi connectivity index (χ3v) is 5.16. The van der Waals surface area contributed by atoms with Gasteiger partial charge in [0.2, 0.25) is 0 Å². The van der Waals surface area contributed by atoms with E-state index in [-0.39, 0.29) is 28.0 Å². The van der Waals surface area contributed by atoms with Gasteiger partial charge < -0.3 is 4.90 Å². The van der Waals surface area contributed by atoms with Crippen LogP contribution in [0.2, 0.25) is 0 Å². The molecule has 1 aliphatic heterocycles. The smallest absolute Gasteiger partial charge is 0.338 e. The number of carbonyl (C=O) groups excluding carboxylic acids is 1. The zero-order chi connectivity index (χ0) is 20.8. The number of carbonyl (C=O) groups is 1. The van der Waals surface area contributed by atoms with Gasteiger partial charge in [-0.1, -0.05) is 30.3 Å². The molecular weight excluding hydrogens is 385 g/mol. The quantitative estimate of drug-likeness (QED) is 0.709. The monoisotopic (exact) mass is 404 g/mol. The summed E-state index contributed by atoms with van der Waals surface area (Å²) in [6.45, 7) is 2.52. The Hall–Kier alpha value is -3.10. The van der Waals surface area contributed by atoms with E-state index in [0.717, 1.165) is 23.8 Å². The minimum Gasteiger partial charge on any atom is -0.338 e. The number of nitrogens with zero attached hydrogens (tertiary/aromatic N) is 3. The molecule has 1 saturated heterocycles. The summed E-state index contributed by atoms with van der Waals surface area (Å²) < 4.78 is 41.8. The summed E-state index contributed by atoms with van der Waals surface area (Å²) in [6, 6.07) is 7.95. The van der Waals surface area contributed by atoms with E-state index in [1.54, 1.807) is 23.1 Å². The van der Waals surface area contributed by atoms with E-state index in [4.69, 9.17) is 0 Å². The molecule has 0 saturated carbocycles. The second-order valence-electron chi connectivity index (χ2n) is 7.11. The molecular formula is C20H19F3N4O2. The highest BCUT2D eigenvalue weighted by atomic mass is 19.4. The summed E-state index contributed by atoms with van der Waals surface area (Å²) >= 11 is 0. The lowest BCUT2D eigenvalue weighted by Gasteiger charge is -2.26. The number of benzene rings is 1. The van der Waals surface area contributed by atoms with Crippen molar-refractivity contribution >= 4 is 11.6 Å². The molecule has 0 unspecified atom stereocenters. The molecule has 0 atom stereocenters. The normalized spacial score (nSPS) is 15.1. The van der Waals surface area contributed by atoms with Crippen molar-refractivity contribution in [2.24, 2.45) is 0 Å². The molecule has 3 heterocycles. The number of alkyl halides is 3. The van der Waals surface area contributed by atoms with Crippen LogP contribution in [0.1, 0.15) is 41.0 Å². The fourth-order valence-electron chi connectivity index (χ4n) is 3.76. The standard InChI is InChI=1S/C20H19F3N4O2/c1-12-14(18(28)26-10-6-3-7-11-26)19(29)27-17(24-12)15(13-8-4-2-5-9-13)16(25-27)20(21,22)23/h2,4-5,8-9,25H,3,6-7,10-11H2,1H3. The Morgan fingerprint density at radius 2 is 1.76 bits per heavy atom. The molecule has 1 fully saturated rings. The molecule has 0 aliphatic carbocycles. The molecule has 1 amide bonds. The summed E-state index contributed by atoms with van der Waals surface area (Å²) in [5.74, 6) is -0.487. The van der Waals surface area contributed by atoms with E-state index in [2.05, 4.69) is 10.1 Å². The van der Waals surface area contributed by atoms with Gasteiger partial charge in [0.1, 0.15) is 11.3 Å². The number of hydrogen-bond acceptors (Lipinski definition) is 3. The van der Waals surface area contributed by atoms with Crippen LogP contribution >= 0.6 is 0 Å². The van der Waals surface area contributed by atoms with Crippen LogP contribution in [0.5, 0.6) is 0 Å². The molecule has 0 radical (unpaired) electrons. The molecule has 1 aliphatic rings. The van der Waals surface area contributed by atoms with Crippen LogP contribution < -0.4 is 5.56 Å². The van der Waals surface area contributed by atoms with Gasteiger partial charge in [-0.25, -0.2) is 4.98 Å². The minimum atomic E-state index is -4.73. The van der Waals surface area contributed by atoms with Gasteiger partial charge in [-0.15, -0.1) is 0 Å². The molecule has 1 N–H and O–H groups in total. The zero-order valence-corrected chi connectivity index (χ0v) is 15.7. The Balaban J connectivity index is 1.96. The highest BCUT2D eigenvalue weighted by Gasteiger charge is 2.38. The Labute approximate surface area is 164 Å². The fourth-order valence-corrected chi connectivity index (χ4v) is 3.76. The number of fused-ring (bicyclic) bond motifs is 1. The van der Waals surface area contributed by atoms with E-state index in [0.29, 0.717) is 13.1 Å². The Bertz CT molecular complexity index is 1130. The number of aryl methyl sites for hydroxylation is 1. The van der Waals surface area contributed by atoms with Gasteiger partial charge in [0.05, 0.1) is 11.3 Å². The highest BCUT2D eigenvalue weighted by Crippen LogP contribution is 2.38. The Kier molecular flexibility index (Phi) is 4.68. The molecule has 1 aromatic carbocycles. The number of likely N-dealkylation sites (tertiary alicyclic amines) is 1. The van der Waals surface area contributed by atoms with Crippen molar-refractivity contribution in [2.45, 2.75) is 32.4 Å². The minimum absolute atomic E-state index is 0.121. The van der Waals surface area contributed by atoms with Gasteiger partial charge in [-0.05, 0) is 31.7 Å². The molecule has 0 spiro atoms. The zero-order valence-electron chi connectivity index (χ0n) is 15.7. The number of halogens is 3.